The van der Waals surface area contributed by atoms with Crippen LogP contribution < -0.4 is 0 Å². The van der Waals surface area contributed by atoms with Gasteiger partial charge in [0.15, 0.2) is 0 Å². The van der Waals surface area contributed by atoms with Gasteiger partial charge in [0.1, 0.15) is 0 Å². The molecule has 1 unspecified atom stereocenters. The van der Waals surface area contributed by atoms with Gasteiger partial charge in [-0.3, -0.25) is 0 Å². The summed E-state index contributed by atoms with van der Waals surface area (Å²) in [4.78, 5) is 0. The van der Waals surface area contributed by atoms with E-state index in [4.69, 9.17) is 9.47 Å². The van der Waals surface area contributed by atoms with Crippen LogP contribution in [0, 0.1) is 11.8 Å². The van der Waals surface area contributed by atoms with Gasteiger partial charge in [0.2, 0.25) is 5.79 Å². The van der Waals surface area contributed by atoms with Crippen LogP contribution in [-0.2, 0) is 9.47 Å². The summed E-state index contributed by atoms with van der Waals surface area (Å²) in [7, 11) is 0. The van der Waals surface area contributed by atoms with Crippen molar-refractivity contribution in [2.24, 2.45) is 0 Å². The van der Waals surface area contributed by atoms with Crippen molar-refractivity contribution in [1.82, 2.24) is 0 Å². The molecule has 1 aromatic rings. The third-order valence-electron chi connectivity index (χ3n) is 2.76. The van der Waals surface area contributed by atoms with Crippen molar-refractivity contribution >= 4 is 0 Å². The fourth-order valence-corrected chi connectivity index (χ4v) is 1.87. The van der Waals surface area contributed by atoms with Crippen molar-refractivity contribution in [1.29, 1.82) is 0 Å². The fraction of sp³-hybridized carbons (Fsp3) is 0.467. The van der Waals surface area contributed by atoms with E-state index in [0.29, 0.717) is 6.61 Å². The summed E-state index contributed by atoms with van der Waals surface area (Å²) in [5.74, 6) is 5.37. The highest BCUT2D eigenvalue weighted by molar-refractivity contribution is 5.35. The summed E-state index contributed by atoms with van der Waals surface area (Å²) >= 11 is 0. The Kier molecular flexibility index (Phi) is 3.24. The molecule has 17 heavy (non-hydrogen) atoms. The molecule has 1 saturated heterocycles. The Balaban J connectivity index is 2.15. The lowest BCUT2D eigenvalue weighted by molar-refractivity contribution is -0.278. The first-order valence-electron chi connectivity index (χ1n) is 5.92. The zero-order chi connectivity index (χ0) is 12.4. The first kappa shape index (κ1) is 12.2. The second-order valence-corrected chi connectivity index (χ2v) is 5.02. The molecule has 1 atom stereocenters. The van der Waals surface area contributed by atoms with Crippen molar-refractivity contribution < 1.29 is 9.47 Å². The predicted octanol–water partition coefficient (Wildman–Crippen LogP) is 2.97. The number of hydrogen-bond acceptors (Lipinski definition) is 2. The number of rotatable bonds is 0. The molecule has 1 aromatic carbocycles. The molecule has 0 amide bonds. The standard InChI is InChI=1S/C15H18O2/c1-14(2)11-12-16-15(3,17-14)10-9-13-7-5-4-6-8-13/h4-8H,11-12H2,1-3H3. The summed E-state index contributed by atoms with van der Waals surface area (Å²) in [5.41, 5.74) is 0.808. The summed E-state index contributed by atoms with van der Waals surface area (Å²) in [5, 5.41) is 0. The maximum Gasteiger partial charge on any atom is 0.231 e. The van der Waals surface area contributed by atoms with Crippen LogP contribution in [0.1, 0.15) is 32.8 Å². The molecule has 1 heterocycles. The molecule has 1 fully saturated rings. The maximum absolute atomic E-state index is 5.89. The smallest absolute Gasteiger partial charge is 0.231 e. The molecular weight excluding hydrogens is 212 g/mol. The Hall–Kier alpha value is -1.30. The summed E-state index contributed by atoms with van der Waals surface area (Å²) in [6, 6.07) is 9.87. The lowest BCUT2D eigenvalue weighted by atomic mass is 10.0. The van der Waals surface area contributed by atoms with Gasteiger partial charge < -0.3 is 9.47 Å². The van der Waals surface area contributed by atoms with E-state index in [1.807, 2.05) is 37.3 Å². The molecule has 2 rings (SSSR count). The second kappa shape index (κ2) is 4.52. The highest BCUT2D eigenvalue weighted by Gasteiger charge is 2.37. The molecule has 0 spiro atoms. The van der Waals surface area contributed by atoms with Crippen LogP contribution in [0.2, 0.25) is 0 Å². The molecule has 1 aliphatic rings. The molecule has 2 nitrogen and oxygen atoms in total. The highest BCUT2D eigenvalue weighted by Crippen LogP contribution is 2.29. The third-order valence-corrected chi connectivity index (χ3v) is 2.76. The number of benzene rings is 1. The Bertz CT molecular complexity index is 439. The lowest BCUT2D eigenvalue weighted by Gasteiger charge is -2.40. The molecule has 0 aliphatic carbocycles. The molecule has 0 N–H and O–H groups in total. The van der Waals surface area contributed by atoms with Crippen LogP contribution in [0.4, 0.5) is 0 Å². The molecular formula is C15H18O2. The zero-order valence-corrected chi connectivity index (χ0v) is 10.6. The molecule has 0 saturated carbocycles. The van der Waals surface area contributed by atoms with Gasteiger partial charge in [-0.1, -0.05) is 24.1 Å². The summed E-state index contributed by atoms with van der Waals surface area (Å²) in [6.07, 6.45) is 0.898. The average Bonchev–Trinajstić information content (AvgIpc) is 2.26. The molecule has 0 aromatic heterocycles. The SMILES string of the molecule is CC1(C)CCOC(C)(C#Cc2ccccc2)O1. The van der Waals surface area contributed by atoms with Crippen molar-refractivity contribution in [2.75, 3.05) is 6.61 Å². The first-order valence-corrected chi connectivity index (χ1v) is 5.92. The van der Waals surface area contributed by atoms with Crippen LogP contribution >= 0.6 is 0 Å². The maximum atomic E-state index is 5.89. The van der Waals surface area contributed by atoms with Crippen molar-refractivity contribution in [3.05, 3.63) is 35.9 Å². The van der Waals surface area contributed by atoms with Crippen LogP contribution in [0.15, 0.2) is 30.3 Å². The van der Waals surface area contributed by atoms with E-state index in [9.17, 15) is 0 Å². The van der Waals surface area contributed by atoms with E-state index < -0.39 is 5.79 Å². The molecule has 0 bridgehead atoms. The lowest BCUT2D eigenvalue weighted by Crippen LogP contribution is -2.46. The minimum atomic E-state index is -0.794. The predicted molar refractivity (Wildman–Crippen MR) is 67.5 cm³/mol. The van der Waals surface area contributed by atoms with Crippen LogP contribution in [0.3, 0.4) is 0 Å². The third kappa shape index (κ3) is 3.33. The van der Waals surface area contributed by atoms with E-state index >= 15 is 0 Å². The normalized spacial score (nSPS) is 27.0. The average molecular weight is 230 g/mol. The van der Waals surface area contributed by atoms with Gasteiger partial charge in [0.25, 0.3) is 0 Å². The van der Waals surface area contributed by atoms with Gasteiger partial charge in [0.05, 0.1) is 12.2 Å². The topological polar surface area (TPSA) is 18.5 Å². The quantitative estimate of drug-likeness (QED) is 0.638. The molecule has 90 valence electrons. The van der Waals surface area contributed by atoms with E-state index in [2.05, 4.69) is 25.7 Å². The summed E-state index contributed by atoms with van der Waals surface area (Å²) < 4.78 is 11.5. The number of hydrogen-bond donors (Lipinski definition) is 0. The van der Waals surface area contributed by atoms with Crippen LogP contribution in [0.5, 0.6) is 0 Å². The van der Waals surface area contributed by atoms with E-state index in [0.717, 1.165) is 12.0 Å². The molecule has 2 heteroatoms. The van der Waals surface area contributed by atoms with Crippen LogP contribution in [0.25, 0.3) is 0 Å². The van der Waals surface area contributed by atoms with Crippen LogP contribution in [-0.4, -0.2) is 18.0 Å². The van der Waals surface area contributed by atoms with Gasteiger partial charge in [-0.2, -0.15) is 0 Å². The zero-order valence-electron chi connectivity index (χ0n) is 10.6. The van der Waals surface area contributed by atoms with Crippen molar-refractivity contribution in [3.63, 3.8) is 0 Å². The van der Waals surface area contributed by atoms with Gasteiger partial charge >= 0.3 is 0 Å². The van der Waals surface area contributed by atoms with Gasteiger partial charge in [0, 0.05) is 12.5 Å². The largest absolute Gasteiger partial charge is 0.340 e. The Morgan fingerprint density at radius 3 is 2.47 bits per heavy atom. The Morgan fingerprint density at radius 2 is 1.82 bits per heavy atom. The van der Waals surface area contributed by atoms with Crippen molar-refractivity contribution in [3.8, 4) is 11.8 Å². The highest BCUT2D eigenvalue weighted by atomic mass is 16.7. The monoisotopic (exact) mass is 230 g/mol. The minimum absolute atomic E-state index is 0.168. The van der Waals surface area contributed by atoms with E-state index in [1.165, 1.54) is 0 Å². The van der Waals surface area contributed by atoms with Gasteiger partial charge in [-0.15, -0.1) is 0 Å². The molecule has 1 aliphatic heterocycles. The molecule has 0 radical (unpaired) electrons. The van der Waals surface area contributed by atoms with E-state index in [-0.39, 0.29) is 5.60 Å². The van der Waals surface area contributed by atoms with Gasteiger partial charge in [-0.25, -0.2) is 0 Å². The van der Waals surface area contributed by atoms with Crippen molar-refractivity contribution in [2.45, 2.75) is 38.6 Å². The van der Waals surface area contributed by atoms with Gasteiger partial charge in [-0.05, 0) is 38.3 Å². The fourth-order valence-electron chi connectivity index (χ4n) is 1.87. The van der Waals surface area contributed by atoms with E-state index in [1.54, 1.807) is 0 Å². The Labute approximate surface area is 103 Å². The second-order valence-electron chi connectivity index (χ2n) is 5.02. The summed E-state index contributed by atoms with van der Waals surface area (Å²) in [6.45, 7) is 6.70. The first-order chi connectivity index (χ1) is 7.99. The number of ether oxygens (including phenoxy) is 2. The Morgan fingerprint density at radius 1 is 1.12 bits per heavy atom. The minimum Gasteiger partial charge on any atom is -0.340 e.